The number of nitrogens with one attached hydrogen (secondary N) is 1. The Labute approximate surface area is 138 Å². The molecule has 1 aliphatic heterocycles. The molecule has 0 aromatic carbocycles. The Kier molecular flexibility index (Phi) is 5.01. The van der Waals surface area contributed by atoms with Crippen LogP contribution in [0.3, 0.4) is 0 Å². The molecule has 0 unspecified atom stereocenters. The minimum absolute atomic E-state index is 0.626. The molecule has 1 N–H and O–H groups in total. The van der Waals surface area contributed by atoms with Gasteiger partial charge in [0.05, 0.1) is 10.7 Å². The summed E-state index contributed by atoms with van der Waals surface area (Å²) in [5.41, 5.74) is 1.82. The number of aromatic nitrogens is 1. The third kappa shape index (κ3) is 3.45. The van der Waals surface area contributed by atoms with E-state index in [9.17, 15) is 0 Å². The van der Waals surface area contributed by atoms with Crippen molar-refractivity contribution in [2.45, 2.75) is 52.4 Å². The number of hydrogen-bond donors (Lipinski definition) is 1. The number of aryl methyl sites for hydroxylation is 1. The number of nitrogens with zero attached hydrogens (tertiary/aromatic N) is 3. The quantitative estimate of drug-likeness (QED) is 0.669. The van der Waals surface area contributed by atoms with Crippen LogP contribution in [-0.4, -0.2) is 42.0 Å². The van der Waals surface area contributed by atoms with E-state index in [1.807, 2.05) is 0 Å². The summed E-state index contributed by atoms with van der Waals surface area (Å²) >= 11 is 1.77. The zero-order chi connectivity index (χ0) is 15.4. The zero-order valence-corrected chi connectivity index (χ0v) is 14.7. The Morgan fingerprint density at radius 3 is 2.86 bits per heavy atom. The van der Waals surface area contributed by atoms with Crippen molar-refractivity contribution in [1.29, 1.82) is 0 Å². The molecule has 22 heavy (non-hydrogen) atoms. The Morgan fingerprint density at radius 2 is 2.27 bits per heavy atom. The maximum absolute atomic E-state index is 4.85. The molecule has 1 aromatic heterocycles. The molecule has 0 atom stereocenters. The first-order valence-corrected chi connectivity index (χ1v) is 9.59. The molecular formula is C17H28N4S. The van der Waals surface area contributed by atoms with E-state index in [2.05, 4.69) is 34.4 Å². The molecule has 1 saturated heterocycles. The second kappa shape index (κ2) is 6.99. The molecule has 2 heterocycles. The molecule has 5 heteroatoms. The highest BCUT2D eigenvalue weighted by molar-refractivity contribution is 7.09. The van der Waals surface area contributed by atoms with Crippen LogP contribution in [-0.2, 0) is 12.8 Å². The molecule has 0 bridgehead atoms. The van der Waals surface area contributed by atoms with Gasteiger partial charge in [-0.15, -0.1) is 11.3 Å². The SMILES string of the molecule is CCNC(=NCCc1csc(CC)n1)N1CCC2(CCC2)C1. The van der Waals surface area contributed by atoms with Gasteiger partial charge in [-0.2, -0.15) is 0 Å². The van der Waals surface area contributed by atoms with Crippen LogP contribution >= 0.6 is 11.3 Å². The van der Waals surface area contributed by atoms with Gasteiger partial charge in [-0.25, -0.2) is 4.98 Å². The van der Waals surface area contributed by atoms with E-state index in [0.29, 0.717) is 5.41 Å². The van der Waals surface area contributed by atoms with Gasteiger partial charge in [0.25, 0.3) is 0 Å². The molecule has 1 aliphatic carbocycles. The maximum Gasteiger partial charge on any atom is 0.193 e. The summed E-state index contributed by atoms with van der Waals surface area (Å²) in [4.78, 5) is 11.9. The van der Waals surface area contributed by atoms with E-state index in [1.54, 1.807) is 11.3 Å². The molecule has 3 rings (SSSR count). The Hall–Kier alpha value is -1.10. The first-order chi connectivity index (χ1) is 10.7. The van der Waals surface area contributed by atoms with E-state index in [1.165, 1.54) is 49.5 Å². The lowest BCUT2D eigenvalue weighted by atomic mass is 9.68. The van der Waals surface area contributed by atoms with Crippen LogP contribution in [0, 0.1) is 5.41 Å². The van der Waals surface area contributed by atoms with Gasteiger partial charge in [0, 0.05) is 38.0 Å². The van der Waals surface area contributed by atoms with Crippen molar-refractivity contribution in [3.8, 4) is 0 Å². The number of guanidine groups is 1. The van der Waals surface area contributed by atoms with Crippen LogP contribution in [0.25, 0.3) is 0 Å². The van der Waals surface area contributed by atoms with Gasteiger partial charge in [-0.1, -0.05) is 13.3 Å². The van der Waals surface area contributed by atoms with Crippen LogP contribution in [0.2, 0.25) is 0 Å². The van der Waals surface area contributed by atoms with Crippen LogP contribution in [0.15, 0.2) is 10.4 Å². The predicted octanol–water partition coefficient (Wildman–Crippen LogP) is 3.09. The van der Waals surface area contributed by atoms with Gasteiger partial charge in [0.1, 0.15) is 0 Å². The third-order valence-corrected chi connectivity index (χ3v) is 6.06. The second-order valence-corrected chi connectivity index (χ2v) is 7.54. The van der Waals surface area contributed by atoms with Crippen molar-refractivity contribution in [2.24, 2.45) is 10.4 Å². The van der Waals surface area contributed by atoms with Crippen LogP contribution in [0.1, 0.15) is 50.2 Å². The smallest absolute Gasteiger partial charge is 0.193 e. The molecule has 1 spiro atoms. The van der Waals surface area contributed by atoms with Crippen LogP contribution in [0.4, 0.5) is 0 Å². The molecule has 2 aliphatic rings. The largest absolute Gasteiger partial charge is 0.357 e. The average Bonchev–Trinajstić information content (AvgIpc) is 3.13. The normalized spacial score (nSPS) is 20.5. The van der Waals surface area contributed by atoms with Crippen molar-refractivity contribution >= 4 is 17.3 Å². The molecule has 1 aromatic rings. The molecule has 0 radical (unpaired) electrons. The minimum atomic E-state index is 0.626. The van der Waals surface area contributed by atoms with Gasteiger partial charge >= 0.3 is 0 Å². The van der Waals surface area contributed by atoms with Crippen molar-refractivity contribution in [3.05, 3.63) is 16.1 Å². The van der Waals surface area contributed by atoms with Crippen molar-refractivity contribution in [3.63, 3.8) is 0 Å². The highest BCUT2D eigenvalue weighted by atomic mass is 32.1. The lowest BCUT2D eigenvalue weighted by Gasteiger charge is -2.38. The predicted molar refractivity (Wildman–Crippen MR) is 93.6 cm³/mol. The standard InChI is InChI=1S/C17H28N4S/c1-3-15-20-14(12-22-15)6-10-19-16(18-4-2)21-11-9-17(13-21)7-5-8-17/h12H,3-11,13H2,1-2H3,(H,18,19). The average molecular weight is 321 g/mol. The summed E-state index contributed by atoms with van der Waals surface area (Å²) in [6.07, 6.45) is 7.59. The summed E-state index contributed by atoms with van der Waals surface area (Å²) in [5, 5.41) is 6.89. The van der Waals surface area contributed by atoms with E-state index < -0.39 is 0 Å². The molecule has 0 amide bonds. The number of thiazole rings is 1. The minimum Gasteiger partial charge on any atom is -0.357 e. The monoisotopic (exact) mass is 320 g/mol. The highest BCUT2D eigenvalue weighted by Crippen LogP contribution is 2.47. The lowest BCUT2D eigenvalue weighted by molar-refractivity contribution is 0.151. The summed E-state index contributed by atoms with van der Waals surface area (Å²) < 4.78 is 0. The Balaban J connectivity index is 1.56. The van der Waals surface area contributed by atoms with Crippen molar-refractivity contribution in [1.82, 2.24) is 15.2 Å². The van der Waals surface area contributed by atoms with E-state index in [4.69, 9.17) is 4.99 Å². The molecule has 122 valence electrons. The molecule has 1 saturated carbocycles. The topological polar surface area (TPSA) is 40.5 Å². The van der Waals surface area contributed by atoms with Crippen molar-refractivity contribution in [2.75, 3.05) is 26.2 Å². The zero-order valence-electron chi connectivity index (χ0n) is 13.9. The maximum atomic E-state index is 4.85. The Bertz CT molecular complexity index is 518. The van der Waals surface area contributed by atoms with Crippen LogP contribution < -0.4 is 5.32 Å². The number of hydrogen-bond acceptors (Lipinski definition) is 3. The molecule has 2 fully saturated rings. The van der Waals surface area contributed by atoms with E-state index in [0.717, 1.165) is 31.9 Å². The summed E-state index contributed by atoms with van der Waals surface area (Å²) in [6, 6.07) is 0. The fourth-order valence-corrected chi connectivity index (χ4v) is 4.31. The van der Waals surface area contributed by atoms with E-state index >= 15 is 0 Å². The van der Waals surface area contributed by atoms with E-state index in [-0.39, 0.29) is 0 Å². The fraction of sp³-hybridized carbons (Fsp3) is 0.765. The van der Waals surface area contributed by atoms with Crippen LogP contribution in [0.5, 0.6) is 0 Å². The summed E-state index contributed by atoms with van der Waals surface area (Å²) in [5.74, 6) is 1.11. The fourth-order valence-electron chi connectivity index (χ4n) is 3.53. The Morgan fingerprint density at radius 1 is 1.41 bits per heavy atom. The summed E-state index contributed by atoms with van der Waals surface area (Å²) in [7, 11) is 0. The van der Waals surface area contributed by atoms with Gasteiger partial charge in [-0.05, 0) is 38.0 Å². The first kappa shape index (κ1) is 15.8. The van der Waals surface area contributed by atoms with Gasteiger partial charge < -0.3 is 10.2 Å². The number of rotatable bonds is 5. The number of aliphatic imine (C=N–C) groups is 1. The highest BCUT2D eigenvalue weighted by Gasteiger charge is 2.43. The molecule has 4 nitrogen and oxygen atoms in total. The first-order valence-electron chi connectivity index (χ1n) is 8.71. The van der Waals surface area contributed by atoms with Gasteiger partial charge in [0.15, 0.2) is 5.96 Å². The van der Waals surface area contributed by atoms with Crippen molar-refractivity contribution < 1.29 is 0 Å². The molecular weight excluding hydrogens is 292 g/mol. The lowest BCUT2D eigenvalue weighted by Crippen LogP contribution is -2.42. The third-order valence-electron chi connectivity index (χ3n) is 5.02. The van der Waals surface area contributed by atoms with Gasteiger partial charge in [0.2, 0.25) is 0 Å². The van der Waals surface area contributed by atoms with Gasteiger partial charge in [-0.3, -0.25) is 4.99 Å². The number of likely N-dealkylation sites (tertiary alicyclic amines) is 1. The summed E-state index contributed by atoms with van der Waals surface area (Å²) in [6.45, 7) is 8.46. The second-order valence-electron chi connectivity index (χ2n) is 6.60.